The number of amides is 1. The highest BCUT2D eigenvalue weighted by Crippen LogP contribution is 2.44. The molecule has 0 radical (unpaired) electrons. The van der Waals surface area contributed by atoms with E-state index < -0.39 is 5.97 Å². The Morgan fingerprint density at radius 3 is 2.47 bits per heavy atom. The maximum atomic E-state index is 14.0. The summed E-state index contributed by atoms with van der Waals surface area (Å²) in [7, 11) is 2.32. The van der Waals surface area contributed by atoms with Crippen LogP contribution in [0.25, 0.3) is 21.6 Å². The first-order valence-corrected chi connectivity index (χ1v) is 15.8. The Labute approximate surface area is 268 Å². The molecule has 238 valence electrons. The molecule has 3 aromatic carbocycles. The van der Waals surface area contributed by atoms with E-state index in [0.29, 0.717) is 59.1 Å². The second-order valence-corrected chi connectivity index (χ2v) is 10.6. The van der Waals surface area contributed by atoms with Gasteiger partial charge in [-0.25, -0.2) is 4.79 Å². The van der Waals surface area contributed by atoms with E-state index in [9.17, 15) is 9.59 Å². The minimum atomic E-state index is -0.578. The third kappa shape index (κ3) is 7.96. The molecule has 0 atom stereocenters. The summed E-state index contributed by atoms with van der Waals surface area (Å²) in [5.74, 6) is -0.274. The first-order chi connectivity index (χ1) is 21.9. The van der Waals surface area contributed by atoms with Gasteiger partial charge in [-0.2, -0.15) is 0 Å². The summed E-state index contributed by atoms with van der Waals surface area (Å²) in [6, 6.07) is 16.6. The van der Waals surface area contributed by atoms with Crippen LogP contribution < -0.4 is 21.5 Å². The van der Waals surface area contributed by atoms with Gasteiger partial charge in [-0.3, -0.25) is 9.79 Å². The van der Waals surface area contributed by atoms with Crippen LogP contribution in [0.5, 0.6) is 5.75 Å². The summed E-state index contributed by atoms with van der Waals surface area (Å²) in [5.41, 5.74) is 18.1. The number of esters is 1. The quantitative estimate of drug-likeness (QED) is 0.0978. The van der Waals surface area contributed by atoms with Gasteiger partial charge in [0.2, 0.25) is 0 Å². The topological polar surface area (TPSA) is 149 Å². The molecule has 45 heavy (non-hydrogen) atoms. The lowest BCUT2D eigenvalue weighted by Crippen LogP contribution is -2.16. The lowest BCUT2D eigenvalue weighted by Gasteiger charge is -2.19. The molecule has 1 amide bonds. The average Bonchev–Trinajstić information content (AvgIpc) is 3.48. The van der Waals surface area contributed by atoms with Gasteiger partial charge in [-0.1, -0.05) is 39.0 Å². The van der Waals surface area contributed by atoms with Crippen molar-refractivity contribution in [1.82, 2.24) is 0 Å². The van der Waals surface area contributed by atoms with Crippen LogP contribution >= 0.6 is 11.3 Å². The van der Waals surface area contributed by atoms with Gasteiger partial charge in [-0.05, 0) is 70.5 Å². The molecule has 0 spiro atoms. The number of hydrogen-bond donors (Lipinski definition) is 4. The minimum Gasteiger partial charge on any atom is -0.493 e. The molecule has 4 aromatic rings. The van der Waals surface area contributed by atoms with Crippen molar-refractivity contribution >= 4 is 40.8 Å². The number of thiophene rings is 1. The summed E-state index contributed by atoms with van der Waals surface area (Å²) in [6.07, 6.45) is 3.20. The van der Waals surface area contributed by atoms with Crippen LogP contribution in [0.15, 0.2) is 65.0 Å². The van der Waals surface area contributed by atoms with E-state index in [2.05, 4.69) is 16.4 Å². The molecule has 2 heterocycles. The van der Waals surface area contributed by atoms with Gasteiger partial charge in [0.05, 0.1) is 19.3 Å². The fourth-order valence-corrected chi connectivity index (χ4v) is 5.83. The number of aliphatic hydroxyl groups excluding tert-OH is 1. The molecule has 1 aromatic heterocycles. The molecule has 0 saturated heterocycles. The number of carbonyl (C=O) groups excluding carboxylic acids is 2. The molecule has 9 nitrogen and oxygen atoms in total. The number of nitrogens with one attached hydrogen (secondary N) is 1. The molecule has 0 unspecified atom stereocenters. The maximum absolute atomic E-state index is 14.0. The molecular weight excluding hydrogens is 588 g/mol. The van der Waals surface area contributed by atoms with Gasteiger partial charge in [0.1, 0.15) is 5.75 Å². The van der Waals surface area contributed by atoms with Crippen LogP contribution in [0.3, 0.4) is 0 Å². The minimum absolute atomic E-state index is 0.235. The Morgan fingerprint density at radius 2 is 1.80 bits per heavy atom. The number of rotatable bonds is 8. The van der Waals surface area contributed by atoms with E-state index in [-0.39, 0.29) is 11.5 Å². The van der Waals surface area contributed by atoms with E-state index in [4.69, 9.17) is 26.0 Å². The normalized spacial score (nSPS) is 11.4. The number of fused-ring (bicyclic) bond motifs is 3. The first kappa shape index (κ1) is 35.0. The van der Waals surface area contributed by atoms with Crippen LogP contribution in [-0.4, -0.2) is 50.6 Å². The SMILES string of the molecule is CC.CCCN=Cc1c(N)ccc(-c2cc3c(cc2C(=O)Nc2ccc(CN)cc2)-c2sccc2CCO3)c1C(=O)OC.CO. The number of nitrogens with zero attached hydrogens (tertiary/aromatic N) is 1. The summed E-state index contributed by atoms with van der Waals surface area (Å²) in [6.45, 7) is 7.50. The lowest BCUT2D eigenvalue weighted by atomic mass is 9.89. The molecule has 1 aliphatic rings. The Bertz CT molecular complexity index is 1630. The largest absolute Gasteiger partial charge is 0.493 e. The van der Waals surface area contributed by atoms with Crippen LogP contribution in [0.1, 0.15) is 64.6 Å². The number of methoxy groups -OCH3 is 1. The number of aliphatic hydroxyl groups is 1. The van der Waals surface area contributed by atoms with Gasteiger partial charge in [0, 0.05) is 65.8 Å². The Hall–Kier alpha value is -4.51. The lowest BCUT2D eigenvalue weighted by molar-refractivity contribution is 0.0601. The zero-order chi connectivity index (χ0) is 32.9. The number of hydrogen-bond acceptors (Lipinski definition) is 9. The molecule has 0 saturated carbocycles. The summed E-state index contributed by atoms with van der Waals surface area (Å²) < 4.78 is 11.4. The number of aliphatic imine (C=N–C) groups is 1. The standard InChI is InChI=1S/C32H32N4O4S.C2H6.CH4O/c1-3-12-35-18-26-27(34)9-8-22(29(26)32(38)39-2)23-16-28-25(30-20(10-13-40-28)11-14-41-30)15-24(23)31(37)36-21-6-4-19(17-33)5-7-21;2*1-2/h4-9,11,14-16,18H,3,10,12-13,17,33-34H2,1-2H3,(H,36,37);1-2H3;2H,1H3. The summed E-state index contributed by atoms with van der Waals surface area (Å²) in [5, 5.41) is 12.1. The van der Waals surface area contributed by atoms with Crippen molar-refractivity contribution in [2.75, 3.05) is 38.4 Å². The molecule has 0 aliphatic carbocycles. The highest BCUT2D eigenvalue weighted by atomic mass is 32.1. The van der Waals surface area contributed by atoms with Crippen LogP contribution in [0.4, 0.5) is 11.4 Å². The number of anilines is 2. The van der Waals surface area contributed by atoms with Crippen molar-refractivity contribution in [2.24, 2.45) is 10.7 Å². The Morgan fingerprint density at radius 1 is 1.07 bits per heavy atom. The van der Waals surface area contributed by atoms with E-state index >= 15 is 0 Å². The van der Waals surface area contributed by atoms with E-state index in [0.717, 1.165) is 36.0 Å². The molecule has 1 aliphatic heterocycles. The molecule has 6 N–H and O–H groups in total. The van der Waals surface area contributed by atoms with E-state index in [1.54, 1.807) is 29.7 Å². The second kappa shape index (κ2) is 17.1. The molecule has 0 bridgehead atoms. The van der Waals surface area contributed by atoms with Crippen LogP contribution in [-0.2, 0) is 17.7 Å². The van der Waals surface area contributed by atoms with Crippen molar-refractivity contribution < 1.29 is 24.2 Å². The highest BCUT2D eigenvalue weighted by Gasteiger charge is 2.27. The van der Waals surface area contributed by atoms with Gasteiger partial charge in [-0.15, -0.1) is 11.3 Å². The molecule has 0 fully saturated rings. The monoisotopic (exact) mass is 630 g/mol. The smallest absolute Gasteiger partial charge is 0.339 e. The fourth-order valence-electron chi connectivity index (χ4n) is 4.86. The third-order valence-electron chi connectivity index (χ3n) is 6.96. The predicted octanol–water partition coefficient (Wildman–Crippen LogP) is 6.56. The molecule has 10 heteroatoms. The summed E-state index contributed by atoms with van der Waals surface area (Å²) >= 11 is 1.61. The van der Waals surface area contributed by atoms with Gasteiger partial charge in [0.15, 0.2) is 0 Å². The average molecular weight is 631 g/mol. The Balaban J connectivity index is 0.00000133. The number of benzene rings is 3. The van der Waals surface area contributed by atoms with Crippen molar-refractivity contribution in [1.29, 1.82) is 0 Å². The Kier molecular flexibility index (Phi) is 13.3. The van der Waals surface area contributed by atoms with Gasteiger partial charge < -0.3 is 31.4 Å². The fraction of sp³-hybridized carbons (Fsp3) is 0.286. The maximum Gasteiger partial charge on any atom is 0.339 e. The third-order valence-corrected chi connectivity index (χ3v) is 7.95. The number of carbonyl (C=O) groups is 2. The predicted molar refractivity (Wildman–Crippen MR) is 185 cm³/mol. The van der Waals surface area contributed by atoms with Crippen molar-refractivity contribution in [3.63, 3.8) is 0 Å². The number of nitrogen functional groups attached to an aromatic ring is 1. The van der Waals surface area contributed by atoms with Gasteiger partial charge >= 0.3 is 5.97 Å². The second-order valence-electron chi connectivity index (χ2n) is 9.64. The molecular formula is C35H42N4O5S. The number of nitrogens with two attached hydrogens (primary N) is 2. The van der Waals surface area contributed by atoms with Crippen molar-refractivity contribution in [3.8, 4) is 27.3 Å². The molecule has 5 rings (SSSR count). The van der Waals surface area contributed by atoms with Gasteiger partial charge in [0.25, 0.3) is 5.91 Å². The zero-order valence-corrected chi connectivity index (χ0v) is 27.3. The zero-order valence-electron chi connectivity index (χ0n) is 26.5. The highest BCUT2D eigenvalue weighted by molar-refractivity contribution is 7.13. The number of ether oxygens (including phenoxy) is 2. The van der Waals surface area contributed by atoms with Crippen LogP contribution in [0.2, 0.25) is 0 Å². The van der Waals surface area contributed by atoms with E-state index in [1.807, 2.05) is 62.5 Å². The first-order valence-electron chi connectivity index (χ1n) is 14.9. The van der Waals surface area contributed by atoms with E-state index in [1.165, 1.54) is 12.7 Å². The van der Waals surface area contributed by atoms with Crippen LogP contribution in [0, 0.1) is 0 Å². The van der Waals surface area contributed by atoms with Crippen molar-refractivity contribution in [3.05, 3.63) is 87.8 Å². The summed E-state index contributed by atoms with van der Waals surface area (Å²) in [4.78, 5) is 32.7. The van der Waals surface area contributed by atoms with Crippen molar-refractivity contribution in [2.45, 2.75) is 40.2 Å².